The van der Waals surface area contributed by atoms with Crippen molar-refractivity contribution >= 4 is 11.8 Å². The molecule has 2 aromatic rings. The van der Waals surface area contributed by atoms with Gasteiger partial charge in [-0.3, -0.25) is 0 Å². The Hall–Kier alpha value is -1.60. The van der Waals surface area contributed by atoms with Gasteiger partial charge in [-0.25, -0.2) is 4.68 Å². The van der Waals surface area contributed by atoms with E-state index < -0.39 is 0 Å². The standard InChI is InChI=1S/C14H21N5OS/c1-4-15-7-8-19-14(16-17-18-19)21-10-12-9-11(2)5-6-13(12)20-3/h5-6,9,15H,4,7-8,10H2,1-3H3. The lowest BCUT2D eigenvalue weighted by Crippen LogP contribution is -2.20. The average Bonchev–Trinajstić information content (AvgIpc) is 2.93. The predicted molar refractivity (Wildman–Crippen MR) is 83.7 cm³/mol. The predicted octanol–water partition coefficient (Wildman–Crippen LogP) is 1.89. The first kappa shape index (κ1) is 15.8. The molecule has 6 nitrogen and oxygen atoms in total. The molecule has 0 aliphatic rings. The molecule has 1 aromatic heterocycles. The van der Waals surface area contributed by atoms with Crippen molar-refractivity contribution in [3.8, 4) is 5.75 Å². The Morgan fingerprint density at radius 3 is 3.00 bits per heavy atom. The molecular weight excluding hydrogens is 286 g/mol. The smallest absolute Gasteiger partial charge is 0.209 e. The lowest BCUT2D eigenvalue weighted by atomic mass is 10.1. The lowest BCUT2D eigenvalue weighted by Gasteiger charge is -2.09. The van der Waals surface area contributed by atoms with E-state index in [0.29, 0.717) is 0 Å². The van der Waals surface area contributed by atoms with Gasteiger partial charge < -0.3 is 10.1 Å². The average molecular weight is 307 g/mol. The van der Waals surface area contributed by atoms with Crippen LogP contribution in [0, 0.1) is 6.92 Å². The van der Waals surface area contributed by atoms with E-state index in [1.807, 2.05) is 16.8 Å². The van der Waals surface area contributed by atoms with E-state index in [2.05, 4.69) is 40.8 Å². The van der Waals surface area contributed by atoms with Crippen LogP contribution in [0.2, 0.25) is 0 Å². The zero-order valence-electron chi connectivity index (χ0n) is 12.7. The van der Waals surface area contributed by atoms with Crippen LogP contribution in [0.25, 0.3) is 0 Å². The van der Waals surface area contributed by atoms with E-state index in [-0.39, 0.29) is 0 Å². The largest absolute Gasteiger partial charge is 0.496 e. The van der Waals surface area contributed by atoms with Crippen molar-refractivity contribution in [3.05, 3.63) is 29.3 Å². The summed E-state index contributed by atoms with van der Waals surface area (Å²) in [5.74, 6) is 1.69. The first-order chi connectivity index (χ1) is 10.2. The highest BCUT2D eigenvalue weighted by molar-refractivity contribution is 7.98. The van der Waals surface area contributed by atoms with Crippen molar-refractivity contribution in [2.45, 2.75) is 31.3 Å². The summed E-state index contributed by atoms with van der Waals surface area (Å²) in [5.41, 5.74) is 2.38. The molecule has 0 saturated carbocycles. The number of hydrogen-bond acceptors (Lipinski definition) is 6. The molecular formula is C14H21N5OS. The highest BCUT2D eigenvalue weighted by Gasteiger charge is 2.09. The van der Waals surface area contributed by atoms with E-state index in [1.54, 1.807) is 18.9 Å². The molecule has 0 fully saturated rings. The number of tetrazole rings is 1. The van der Waals surface area contributed by atoms with E-state index in [0.717, 1.165) is 41.9 Å². The van der Waals surface area contributed by atoms with Gasteiger partial charge in [0.25, 0.3) is 0 Å². The van der Waals surface area contributed by atoms with Crippen molar-refractivity contribution in [1.82, 2.24) is 25.5 Å². The van der Waals surface area contributed by atoms with Gasteiger partial charge in [0.05, 0.1) is 13.7 Å². The molecule has 0 bridgehead atoms. The van der Waals surface area contributed by atoms with Crippen molar-refractivity contribution < 1.29 is 4.74 Å². The van der Waals surface area contributed by atoms with Crippen LogP contribution in [-0.4, -0.2) is 40.4 Å². The Kier molecular flexibility index (Phi) is 6.01. The number of ether oxygens (including phenoxy) is 1. The van der Waals surface area contributed by atoms with Crippen LogP contribution in [0.3, 0.4) is 0 Å². The molecule has 7 heteroatoms. The van der Waals surface area contributed by atoms with Gasteiger partial charge in [0.15, 0.2) is 0 Å². The normalized spacial score (nSPS) is 10.8. The van der Waals surface area contributed by atoms with Crippen molar-refractivity contribution in [2.75, 3.05) is 20.2 Å². The molecule has 2 rings (SSSR count). The molecule has 114 valence electrons. The zero-order valence-corrected chi connectivity index (χ0v) is 13.5. The Morgan fingerprint density at radius 1 is 1.38 bits per heavy atom. The van der Waals surface area contributed by atoms with Gasteiger partial charge in [0.2, 0.25) is 5.16 Å². The molecule has 1 heterocycles. The molecule has 0 saturated heterocycles. The second-order valence-corrected chi connectivity index (χ2v) is 5.58. The topological polar surface area (TPSA) is 64.9 Å². The van der Waals surface area contributed by atoms with Crippen LogP contribution < -0.4 is 10.1 Å². The van der Waals surface area contributed by atoms with Crippen molar-refractivity contribution in [1.29, 1.82) is 0 Å². The van der Waals surface area contributed by atoms with Gasteiger partial charge in [-0.05, 0) is 30.0 Å². The molecule has 0 spiro atoms. The second-order valence-electron chi connectivity index (χ2n) is 4.64. The summed E-state index contributed by atoms with van der Waals surface area (Å²) in [7, 11) is 1.69. The molecule has 0 atom stereocenters. The van der Waals surface area contributed by atoms with Crippen LogP contribution in [0.4, 0.5) is 0 Å². The minimum absolute atomic E-state index is 0.772. The highest BCUT2D eigenvalue weighted by atomic mass is 32.2. The maximum Gasteiger partial charge on any atom is 0.209 e. The number of hydrogen-bond donors (Lipinski definition) is 1. The maximum absolute atomic E-state index is 5.40. The molecule has 0 unspecified atom stereocenters. The van der Waals surface area contributed by atoms with Crippen LogP contribution in [0.15, 0.2) is 23.4 Å². The number of aryl methyl sites for hydroxylation is 1. The van der Waals surface area contributed by atoms with E-state index in [9.17, 15) is 0 Å². The molecule has 21 heavy (non-hydrogen) atoms. The van der Waals surface area contributed by atoms with Crippen LogP contribution in [-0.2, 0) is 12.3 Å². The van der Waals surface area contributed by atoms with E-state index in [4.69, 9.17) is 4.74 Å². The number of benzene rings is 1. The van der Waals surface area contributed by atoms with Crippen molar-refractivity contribution in [3.63, 3.8) is 0 Å². The molecule has 1 aromatic carbocycles. The third-order valence-electron chi connectivity index (χ3n) is 3.04. The van der Waals surface area contributed by atoms with Gasteiger partial charge in [-0.15, -0.1) is 5.10 Å². The molecule has 0 aliphatic carbocycles. The van der Waals surface area contributed by atoms with Gasteiger partial charge in [0.1, 0.15) is 5.75 Å². The van der Waals surface area contributed by atoms with Gasteiger partial charge in [-0.2, -0.15) is 0 Å². The Morgan fingerprint density at radius 2 is 2.24 bits per heavy atom. The number of nitrogens with one attached hydrogen (secondary N) is 1. The third kappa shape index (κ3) is 4.44. The molecule has 0 aliphatic heterocycles. The van der Waals surface area contributed by atoms with E-state index >= 15 is 0 Å². The first-order valence-electron chi connectivity index (χ1n) is 6.97. The summed E-state index contributed by atoms with van der Waals surface area (Å²) in [6.07, 6.45) is 0. The summed E-state index contributed by atoms with van der Waals surface area (Å²) >= 11 is 1.62. The zero-order chi connectivity index (χ0) is 15.1. The Labute approximate surface area is 129 Å². The van der Waals surface area contributed by atoms with Gasteiger partial charge in [-0.1, -0.05) is 36.4 Å². The third-order valence-corrected chi connectivity index (χ3v) is 4.05. The van der Waals surface area contributed by atoms with Gasteiger partial charge >= 0.3 is 0 Å². The SMILES string of the molecule is CCNCCn1nnnc1SCc1cc(C)ccc1OC. The number of aromatic nitrogens is 4. The number of methoxy groups -OCH3 is 1. The number of thioether (sulfide) groups is 1. The lowest BCUT2D eigenvalue weighted by molar-refractivity contribution is 0.411. The molecule has 0 radical (unpaired) electrons. The Balaban J connectivity index is 2.00. The summed E-state index contributed by atoms with van der Waals surface area (Å²) in [6, 6.07) is 6.19. The van der Waals surface area contributed by atoms with Gasteiger partial charge in [0, 0.05) is 17.9 Å². The summed E-state index contributed by atoms with van der Waals surface area (Å²) in [4.78, 5) is 0. The summed E-state index contributed by atoms with van der Waals surface area (Å²) in [5, 5.41) is 16.0. The monoisotopic (exact) mass is 307 g/mol. The second kappa shape index (κ2) is 7.99. The first-order valence-corrected chi connectivity index (χ1v) is 7.96. The summed E-state index contributed by atoms with van der Waals surface area (Å²) < 4.78 is 7.23. The number of rotatable bonds is 8. The minimum atomic E-state index is 0.772. The Bertz CT molecular complexity index is 572. The number of nitrogens with zero attached hydrogens (tertiary/aromatic N) is 4. The minimum Gasteiger partial charge on any atom is -0.496 e. The van der Waals surface area contributed by atoms with Crippen LogP contribution in [0.5, 0.6) is 5.75 Å². The van der Waals surface area contributed by atoms with Crippen LogP contribution >= 0.6 is 11.8 Å². The highest BCUT2D eigenvalue weighted by Crippen LogP contribution is 2.27. The fourth-order valence-electron chi connectivity index (χ4n) is 1.96. The van der Waals surface area contributed by atoms with Crippen LogP contribution in [0.1, 0.15) is 18.1 Å². The number of likely N-dealkylation sites (N-methyl/N-ethyl adjacent to an activating group) is 1. The maximum atomic E-state index is 5.40. The van der Waals surface area contributed by atoms with E-state index in [1.165, 1.54) is 5.56 Å². The summed E-state index contributed by atoms with van der Waals surface area (Å²) in [6.45, 7) is 6.75. The quantitative estimate of drug-likeness (QED) is 0.593. The molecule has 1 N–H and O–H groups in total. The fourth-order valence-corrected chi connectivity index (χ4v) is 2.85. The fraction of sp³-hybridized carbons (Fsp3) is 0.500. The molecule has 0 amide bonds. The van der Waals surface area contributed by atoms with Crippen molar-refractivity contribution in [2.24, 2.45) is 0 Å².